The second kappa shape index (κ2) is 6.69. The Bertz CT molecular complexity index is 490. The van der Waals surface area contributed by atoms with Crippen LogP contribution in [0, 0.1) is 12.8 Å². The highest BCUT2D eigenvalue weighted by molar-refractivity contribution is 8.01. The summed E-state index contributed by atoms with van der Waals surface area (Å²) in [7, 11) is 0. The normalized spacial score (nSPS) is 25.8. The van der Waals surface area contributed by atoms with E-state index in [2.05, 4.69) is 16.8 Å². The number of carbonyl (C=O) groups is 1. The predicted molar refractivity (Wildman–Crippen MR) is 88.9 cm³/mol. The van der Waals surface area contributed by atoms with Gasteiger partial charge in [0.25, 0.3) is 0 Å². The first-order chi connectivity index (χ1) is 10.1. The quantitative estimate of drug-likeness (QED) is 0.764. The van der Waals surface area contributed by atoms with Crippen LogP contribution in [0.4, 0.5) is 0 Å². The molecule has 21 heavy (non-hydrogen) atoms. The van der Waals surface area contributed by atoms with E-state index >= 15 is 0 Å². The molecule has 5 heteroatoms. The number of aromatic nitrogens is 1. The Kier molecular flexibility index (Phi) is 4.89. The van der Waals surface area contributed by atoms with Crippen LogP contribution in [0.3, 0.4) is 0 Å². The summed E-state index contributed by atoms with van der Waals surface area (Å²) in [6.45, 7) is 4.34. The van der Waals surface area contributed by atoms with Gasteiger partial charge in [-0.2, -0.15) is 0 Å². The number of rotatable bonds is 5. The van der Waals surface area contributed by atoms with Crippen molar-refractivity contribution >= 4 is 29.0 Å². The predicted octanol–water partition coefficient (Wildman–Crippen LogP) is 4.11. The minimum atomic E-state index is 0.329. The summed E-state index contributed by atoms with van der Waals surface area (Å²) in [6.07, 6.45) is 7.37. The molecule has 0 atom stereocenters. The Labute approximate surface area is 135 Å². The number of hydrogen-bond donors (Lipinski definition) is 0. The maximum atomic E-state index is 12.7. The van der Waals surface area contributed by atoms with Crippen LogP contribution in [0.1, 0.15) is 51.1 Å². The maximum Gasteiger partial charge on any atom is 0.233 e. The molecule has 1 aromatic heterocycles. The SMILES string of the molecule is Cc1csc(SCC(=O)N(C2CCC(C)CC2)C2CC2)n1. The molecule has 0 N–H and O–H groups in total. The second-order valence-corrected chi connectivity index (χ2v) is 8.57. The Morgan fingerprint density at radius 2 is 1.90 bits per heavy atom. The zero-order chi connectivity index (χ0) is 14.8. The summed E-state index contributed by atoms with van der Waals surface area (Å²) in [5.41, 5.74) is 1.05. The van der Waals surface area contributed by atoms with Crippen LogP contribution < -0.4 is 0 Å². The Balaban J connectivity index is 1.57. The van der Waals surface area contributed by atoms with Gasteiger partial charge in [0.2, 0.25) is 5.91 Å². The molecule has 2 saturated carbocycles. The van der Waals surface area contributed by atoms with Crippen molar-refractivity contribution in [2.75, 3.05) is 5.75 Å². The first-order valence-electron chi connectivity index (χ1n) is 7.99. The molecule has 0 bridgehead atoms. The van der Waals surface area contributed by atoms with Crippen molar-refractivity contribution < 1.29 is 4.79 Å². The molecular formula is C16H24N2OS2. The van der Waals surface area contributed by atoms with Crippen molar-refractivity contribution in [3.8, 4) is 0 Å². The van der Waals surface area contributed by atoms with Crippen LogP contribution in [0.2, 0.25) is 0 Å². The highest BCUT2D eigenvalue weighted by Crippen LogP contribution is 2.36. The van der Waals surface area contributed by atoms with Crippen LogP contribution in [-0.4, -0.2) is 33.6 Å². The van der Waals surface area contributed by atoms with Gasteiger partial charge in [0.15, 0.2) is 4.34 Å². The molecule has 116 valence electrons. The van der Waals surface area contributed by atoms with E-state index in [0.29, 0.717) is 23.7 Å². The van der Waals surface area contributed by atoms with Gasteiger partial charge in [-0.15, -0.1) is 11.3 Å². The van der Waals surface area contributed by atoms with E-state index in [4.69, 9.17) is 0 Å². The lowest BCUT2D eigenvalue weighted by Crippen LogP contribution is -2.44. The summed E-state index contributed by atoms with van der Waals surface area (Å²) in [5.74, 6) is 1.72. The molecule has 2 fully saturated rings. The Morgan fingerprint density at radius 3 is 2.43 bits per heavy atom. The molecule has 1 amide bonds. The maximum absolute atomic E-state index is 12.7. The summed E-state index contributed by atoms with van der Waals surface area (Å²) in [5, 5.41) is 2.05. The first kappa shape index (κ1) is 15.3. The van der Waals surface area contributed by atoms with Gasteiger partial charge in [0.05, 0.1) is 5.75 Å². The van der Waals surface area contributed by atoms with Crippen molar-refractivity contribution in [3.05, 3.63) is 11.1 Å². The minimum absolute atomic E-state index is 0.329. The van der Waals surface area contributed by atoms with Gasteiger partial charge < -0.3 is 4.90 Å². The lowest BCUT2D eigenvalue weighted by molar-refractivity contribution is -0.132. The van der Waals surface area contributed by atoms with Crippen LogP contribution in [0.25, 0.3) is 0 Å². The van der Waals surface area contributed by atoms with Crippen LogP contribution in [0.5, 0.6) is 0 Å². The number of thioether (sulfide) groups is 1. The summed E-state index contributed by atoms with van der Waals surface area (Å²) < 4.78 is 1.02. The fraction of sp³-hybridized carbons (Fsp3) is 0.750. The van der Waals surface area contributed by atoms with E-state index in [1.54, 1.807) is 23.1 Å². The fourth-order valence-electron chi connectivity index (χ4n) is 3.18. The number of aryl methyl sites for hydroxylation is 1. The van der Waals surface area contributed by atoms with Gasteiger partial charge in [0, 0.05) is 23.2 Å². The molecule has 3 nitrogen and oxygen atoms in total. The monoisotopic (exact) mass is 324 g/mol. The van der Waals surface area contributed by atoms with Crippen molar-refractivity contribution in [1.29, 1.82) is 0 Å². The molecule has 2 aliphatic carbocycles. The van der Waals surface area contributed by atoms with E-state index in [1.165, 1.54) is 38.5 Å². The third-order valence-electron chi connectivity index (χ3n) is 4.52. The number of thiazole rings is 1. The Hall–Kier alpha value is -0.550. The molecule has 0 aliphatic heterocycles. The van der Waals surface area contributed by atoms with Crippen LogP contribution in [-0.2, 0) is 4.79 Å². The number of nitrogens with zero attached hydrogens (tertiary/aromatic N) is 2. The number of amides is 1. The van der Waals surface area contributed by atoms with Gasteiger partial charge in [-0.25, -0.2) is 4.98 Å². The van der Waals surface area contributed by atoms with Crippen molar-refractivity contribution in [3.63, 3.8) is 0 Å². The zero-order valence-electron chi connectivity index (χ0n) is 12.9. The lowest BCUT2D eigenvalue weighted by atomic mass is 9.86. The van der Waals surface area contributed by atoms with E-state index in [0.717, 1.165) is 16.0 Å². The molecule has 0 unspecified atom stereocenters. The fourth-order valence-corrected chi connectivity index (χ4v) is 4.89. The van der Waals surface area contributed by atoms with Crippen LogP contribution >= 0.6 is 23.1 Å². The Morgan fingerprint density at radius 1 is 1.29 bits per heavy atom. The minimum Gasteiger partial charge on any atom is -0.336 e. The smallest absolute Gasteiger partial charge is 0.233 e. The topological polar surface area (TPSA) is 33.2 Å². The molecule has 2 aliphatic rings. The van der Waals surface area contributed by atoms with Crippen molar-refractivity contribution in [2.24, 2.45) is 5.92 Å². The highest BCUT2D eigenvalue weighted by atomic mass is 32.2. The lowest BCUT2D eigenvalue weighted by Gasteiger charge is -2.36. The van der Waals surface area contributed by atoms with E-state index in [9.17, 15) is 4.79 Å². The summed E-state index contributed by atoms with van der Waals surface area (Å²) in [6, 6.07) is 1.04. The third-order valence-corrected chi connectivity index (χ3v) is 6.65. The first-order valence-corrected chi connectivity index (χ1v) is 9.86. The highest BCUT2D eigenvalue weighted by Gasteiger charge is 2.38. The molecule has 0 aromatic carbocycles. The van der Waals surface area contributed by atoms with E-state index in [-0.39, 0.29) is 0 Å². The van der Waals surface area contributed by atoms with Gasteiger partial charge >= 0.3 is 0 Å². The van der Waals surface area contributed by atoms with Gasteiger partial charge in [-0.05, 0) is 51.4 Å². The molecule has 1 heterocycles. The van der Waals surface area contributed by atoms with Gasteiger partial charge in [-0.1, -0.05) is 18.7 Å². The average Bonchev–Trinajstić information content (AvgIpc) is 3.21. The van der Waals surface area contributed by atoms with Crippen LogP contribution in [0.15, 0.2) is 9.72 Å². The second-order valence-electron chi connectivity index (χ2n) is 6.49. The summed E-state index contributed by atoms with van der Waals surface area (Å²) >= 11 is 3.25. The van der Waals surface area contributed by atoms with Gasteiger partial charge in [0.1, 0.15) is 0 Å². The summed E-state index contributed by atoms with van der Waals surface area (Å²) in [4.78, 5) is 19.3. The van der Waals surface area contributed by atoms with Gasteiger partial charge in [-0.3, -0.25) is 4.79 Å². The molecular weight excluding hydrogens is 300 g/mol. The molecule has 3 rings (SSSR count). The average molecular weight is 325 g/mol. The zero-order valence-corrected chi connectivity index (χ0v) is 14.5. The standard InChI is InChI=1S/C16H24N2OS2/c1-11-3-5-13(6-4-11)18(14-7-8-14)15(19)10-21-16-17-12(2)9-20-16/h9,11,13-14H,3-8,10H2,1-2H3. The number of hydrogen-bond acceptors (Lipinski definition) is 4. The molecule has 0 radical (unpaired) electrons. The van der Waals surface area contributed by atoms with E-state index < -0.39 is 0 Å². The molecule has 0 saturated heterocycles. The molecule has 1 aromatic rings. The van der Waals surface area contributed by atoms with E-state index in [1.807, 2.05) is 12.3 Å². The van der Waals surface area contributed by atoms with Crippen molar-refractivity contribution in [1.82, 2.24) is 9.88 Å². The largest absolute Gasteiger partial charge is 0.336 e. The third kappa shape index (κ3) is 4.01. The van der Waals surface area contributed by atoms with Crippen molar-refractivity contribution in [2.45, 2.75) is 68.8 Å². The number of carbonyl (C=O) groups excluding carboxylic acids is 1. The molecule has 0 spiro atoms.